The Kier molecular flexibility index (Phi) is 3.80. The van der Waals surface area contributed by atoms with Gasteiger partial charge in [-0.05, 0) is 30.4 Å². The summed E-state index contributed by atoms with van der Waals surface area (Å²) in [7, 11) is 0. The monoisotopic (exact) mass is 328 g/mol. The first-order valence-electron chi connectivity index (χ1n) is 7.59. The molecule has 0 bridgehead atoms. The van der Waals surface area contributed by atoms with E-state index in [0.717, 1.165) is 30.0 Å². The molecule has 0 radical (unpaired) electrons. The van der Waals surface area contributed by atoms with Crippen LogP contribution in [0.2, 0.25) is 0 Å². The molecule has 0 aromatic carbocycles. The van der Waals surface area contributed by atoms with Crippen molar-refractivity contribution in [2.75, 3.05) is 13.2 Å². The van der Waals surface area contributed by atoms with Crippen molar-refractivity contribution >= 4 is 22.9 Å². The molecular weight excluding hydrogens is 312 g/mol. The van der Waals surface area contributed by atoms with E-state index in [2.05, 4.69) is 15.4 Å². The number of carbonyl (C=O) groups excluding carboxylic acids is 1. The Labute approximate surface area is 137 Å². The van der Waals surface area contributed by atoms with Crippen LogP contribution in [0.3, 0.4) is 0 Å². The summed E-state index contributed by atoms with van der Waals surface area (Å²) in [4.78, 5) is 17.8. The molecule has 0 spiro atoms. The van der Waals surface area contributed by atoms with E-state index in [-0.39, 0.29) is 12.0 Å². The smallest absolute Gasteiger partial charge is 0.256 e. The zero-order valence-corrected chi connectivity index (χ0v) is 13.3. The first-order chi connectivity index (χ1) is 11.3. The van der Waals surface area contributed by atoms with Gasteiger partial charge >= 0.3 is 0 Å². The maximum atomic E-state index is 12.4. The first-order valence-corrected chi connectivity index (χ1v) is 8.47. The number of aromatic nitrogens is 3. The Morgan fingerprint density at radius 1 is 1.48 bits per heavy atom. The van der Waals surface area contributed by atoms with Gasteiger partial charge in [0.15, 0.2) is 5.65 Å². The van der Waals surface area contributed by atoms with Gasteiger partial charge in [0.1, 0.15) is 5.56 Å². The number of amides is 1. The van der Waals surface area contributed by atoms with Crippen LogP contribution in [-0.4, -0.2) is 39.8 Å². The van der Waals surface area contributed by atoms with Crippen LogP contribution >= 0.6 is 11.3 Å². The molecule has 118 valence electrons. The predicted molar refractivity (Wildman–Crippen MR) is 87.6 cm³/mol. The Morgan fingerprint density at radius 3 is 3.22 bits per heavy atom. The highest BCUT2D eigenvalue weighted by Gasteiger charge is 2.19. The number of carbonyl (C=O) groups is 1. The van der Waals surface area contributed by atoms with Crippen molar-refractivity contribution in [1.82, 2.24) is 19.9 Å². The summed E-state index contributed by atoms with van der Waals surface area (Å²) in [6, 6.07) is 5.92. The zero-order chi connectivity index (χ0) is 15.6. The molecule has 1 atom stereocenters. The lowest BCUT2D eigenvalue weighted by Gasteiger charge is -2.10. The number of ether oxygens (including phenoxy) is 1. The largest absolute Gasteiger partial charge is 0.376 e. The van der Waals surface area contributed by atoms with Gasteiger partial charge in [-0.1, -0.05) is 6.07 Å². The summed E-state index contributed by atoms with van der Waals surface area (Å²) < 4.78 is 7.24. The van der Waals surface area contributed by atoms with Gasteiger partial charge in [-0.2, -0.15) is 5.10 Å². The molecule has 3 aromatic heterocycles. The number of thiophene rings is 1. The molecule has 1 aliphatic heterocycles. The third-order valence-corrected chi connectivity index (χ3v) is 4.83. The predicted octanol–water partition coefficient (Wildman–Crippen LogP) is 2.37. The normalized spacial score (nSPS) is 17.7. The highest BCUT2D eigenvalue weighted by atomic mass is 32.1. The second-order valence-electron chi connectivity index (χ2n) is 5.45. The molecule has 0 aliphatic carbocycles. The molecule has 7 heteroatoms. The van der Waals surface area contributed by atoms with E-state index in [1.54, 1.807) is 28.2 Å². The van der Waals surface area contributed by atoms with Gasteiger partial charge in [-0.15, -0.1) is 11.3 Å². The fourth-order valence-electron chi connectivity index (χ4n) is 2.77. The molecule has 4 heterocycles. The Bertz CT molecular complexity index is 822. The summed E-state index contributed by atoms with van der Waals surface area (Å²) in [5.41, 5.74) is 1.99. The topological polar surface area (TPSA) is 68.5 Å². The average Bonchev–Trinajstić information content (AvgIpc) is 3.33. The van der Waals surface area contributed by atoms with Gasteiger partial charge in [-0.3, -0.25) is 4.79 Å². The molecule has 1 aliphatic rings. The summed E-state index contributed by atoms with van der Waals surface area (Å²) in [6.45, 7) is 1.31. The van der Waals surface area contributed by atoms with E-state index in [1.807, 2.05) is 23.6 Å². The van der Waals surface area contributed by atoms with Crippen molar-refractivity contribution in [3.8, 4) is 10.6 Å². The van der Waals surface area contributed by atoms with E-state index >= 15 is 0 Å². The van der Waals surface area contributed by atoms with Crippen molar-refractivity contribution in [2.24, 2.45) is 0 Å². The van der Waals surface area contributed by atoms with Crippen molar-refractivity contribution in [3.05, 3.63) is 41.5 Å². The number of hydrogen-bond acceptors (Lipinski definition) is 5. The number of fused-ring (bicyclic) bond motifs is 1. The summed E-state index contributed by atoms with van der Waals surface area (Å²) in [5, 5.41) is 9.28. The van der Waals surface area contributed by atoms with E-state index in [0.29, 0.717) is 17.8 Å². The molecule has 3 aromatic rings. The molecule has 0 saturated carbocycles. The molecule has 6 nitrogen and oxygen atoms in total. The maximum absolute atomic E-state index is 12.4. The minimum atomic E-state index is -0.161. The first kappa shape index (κ1) is 14.3. The molecule has 1 unspecified atom stereocenters. The number of nitrogens with zero attached hydrogens (tertiary/aromatic N) is 3. The average molecular weight is 328 g/mol. The van der Waals surface area contributed by atoms with E-state index in [4.69, 9.17) is 4.74 Å². The van der Waals surface area contributed by atoms with Gasteiger partial charge in [0.05, 0.1) is 22.9 Å². The van der Waals surface area contributed by atoms with Gasteiger partial charge in [0, 0.05) is 19.3 Å². The van der Waals surface area contributed by atoms with Crippen LogP contribution in [0.5, 0.6) is 0 Å². The van der Waals surface area contributed by atoms with Crippen molar-refractivity contribution < 1.29 is 9.53 Å². The minimum absolute atomic E-state index is 0.121. The van der Waals surface area contributed by atoms with Crippen LogP contribution in [-0.2, 0) is 4.74 Å². The SMILES string of the molecule is O=C(NCC1CCCO1)c1cnn2c(-c3cccs3)ccnc12. The van der Waals surface area contributed by atoms with Crippen molar-refractivity contribution in [1.29, 1.82) is 0 Å². The van der Waals surface area contributed by atoms with Crippen molar-refractivity contribution in [2.45, 2.75) is 18.9 Å². The lowest BCUT2D eigenvalue weighted by Crippen LogP contribution is -2.31. The van der Waals surface area contributed by atoms with Crippen LogP contribution in [0.1, 0.15) is 23.2 Å². The Morgan fingerprint density at radius 2 is 2.43 bits per heavy atom. The molecule has 1 amide bonds. The Balaban J connectivity index is 1.60. The molecule has 23 heavy (non-hydrogen) atoms. The van der Waals surface area contributed by atoms with Crippen LogP contribution in [0, 0.1) is 0 Å². The molecule has 1 saturated heterocycles. The van der Waals surface area contributed by atoms with E-state index < -0.39 is 0 Å². The molecule has 1 N–H and O–H groups in total. The third kappa shape index (κ3) is 2.73. The van der Waals surface area contributed by atoms with Gasteiger partial charge < -0.3 is 10.1 Å². The van der Waals surface area contributed by atoms with Gasteiger partial charge in [0.25, 0.3) is 5.91 Å². The van der Waals surface area contributed by atoms with Gasteiger partial charge in [-0.25, -0.2) is 9.50 Å². The number of nitrogens with one attached hydrogen (secondary N) is 1. The lowest BCUT2D eigenvalue weighted by molar-refractivity contribution is 0.0859. The molecule has 1 fully saturated rings. The summed E-state index contributed by atoms with van der Waals surface area (Å²) in [6.07, 6.45) is 5.46. The standard InChI is InChI=1S/C16H16N4O2S/c21-16(18-9-11-3-1-7-22-11)12-10-19-20-13(5-6-17-15(12)20)14-4-2-8-23-14/h2,4-6,8,10-11H,1,3,7,9H2,(H,18,21). The van der Waals surface area contributed by atoms with Crippen LogP contribution < -0.4 is 5.32 Å². The maximum Gasteiger partial charge on any atom is 0.256 e. The zero-order valence-electron chi connectivity index (χ0n) is 12.4. The highest BCUT2D eigenvalue weighted by Crippen LogP contribution is 2.25. The van der Waals surface area contributed by atoms with Crippen LogP contribution in [0.25, 0.3) is 16.2 Å². The Hall–Kier alpha value is -2.25. The quantitative estimate of drug-likeness (QED) is 0.798. The van der Waals surface area contributed by atoms with Crippen LogP contribution in [0.4, 0.5) is 0 Å². The fraction of sp³-hybridized carbons (Fsp3) is 0.312. The minimum Gasteiger partial charge on any atom is -0.376 e. The third-order valence-electron chi connectivity index (χ3n) is 3.93. The molecule has 4 rings (SSSR count). The van der Waals surface area contributed by atoms with E-state index in [9.17, 15) is 4.79 Å². The molecular formula is C16H16N4O2S. The second-order valence-corrected chi connectivity index (χ2v) is 6.39. The van der Waals surface area contributed by atoms with Gasteiger partial charge in [0.2, 0.25) is 0 Å². The number of rotatable bonds is 4. The summed E-state index contributed by atoms with van der Waals surface area (Å²) in [5.74, 6) is -0.161. The fourth-order valence-corrected chi connectivity index (χ4v) is 3.51. The second kappa shape index (κ2) is 6.10. The lowest BCUT2D eigenvalue weighted by atomic mass is 10.2. The van der Waals surface area contributed by atoms with Crippen molar-refractivity contribution in [3.63, 3.8) is 0 Å². The number of hydrogen-bond donors (Lipinski definition) is 1. The van der Waals surface area contributed by atoms with Crippen LogP contribution in [0.15, 0.2) is 36.0 Å². The highest BCUT2D eigenvalue weighted by molar-refractivity contribution is 7.13. The van der Waals surface area contributed by atoms with E-state index in [1.165, 1.54) is 0 Å². The summed E-state index contributed by atoms with van der Waals surface area (Å²) >= 11 is 1.63.